The molecule has 1 aromatic carbocycles. The Bertz CT molecular complexity index is 980. The Kier molecular flexibility index (Phi) is 6.18. The lowest BCUT2D eigenvalue weighted by Crippen LogP contribution is -2.32. The molecular formula is C23H28N6O. The van der Waals surface area contributed by atoms with E-state index < -0.39 is 0 Å². The number of methoxy groups -OCH3 is 1. The number of anilines is 2. The molecule has 0 amide bonds. The van der Waals surface area contributed by atoms with Crippen LogP contribution < -0.4 is 10.1 Å². The number of ether oxygens (including phenoxy) is 1. The molecular weight excluding hydrogens is 376 g/mol. The molecule has 1 saturated heterocycles. The number of likely N-dealkylation sites (tertiary alicyclic amines) is 1. The van der Waals surface area contributed by atoms with Gasteiger partial charge in [-0.05, 0) is 63.5 Å². The monoisotopic (exact) mass is 404 g/mol. The highest BCUT2D eigenvalue weighted by Crippen LogP contribution is 2.28. The topological polar surface area (TPSA) is 76.1 Å². The highest BCUT2D eigenvalue weighted by Gasteiger charge is 2.22. The zero-order valence-electron chi connectivity index (χ0n) is 17.8. The maximum Gasteiger partial charge on any atom is 0.228 e. The third-order valence-electron chi connectivity index (χ3n) is 5.42. The molecule has 2 aromatic heterocycles. The summed E-state index contributed by atoms with van der Waals surface area (Å²) in [6.07, 6.45) is 5.75. The van der Waals surface area contributed by atoms with Gasteiger partial charge in [-0.15, -0.1) is 0 Å². The van der Waals surface area contributed by atoms with Crippen LogP contribution in [0.25, 0.3) is 0 Å². The Hall–Kier alpha value is -3.06. The first-order chi connectivity index (χ1) is 14.6. The minimum Gasteiger partial charge on any atom is -0.497 e. The zero-order chi connectivity index (χ0) is 20.9. The Balaban J connectivity index is 1.37. The van der Waals surface area contributed by atoms with Crippen LogP contribution >= 0.6 is 0 Å². The molecule has 0 atom stereocenters. The number of nitrogens with one attached hydrogen (secondary N) is 1. The molecule has 1 fully saturated rings. The Morgan fingerprint density at radius 1 is 1.03 bits per heavy atom. The molecule has 1 aliphatic heterocycles. The van der Waals surface area contributed by atoms with Crippen LogP contribution in [0.3, 0.4) is 0 Å². The van der Waals surface area contributed by atoms with Crippen molar-refractivity contribution in [3.8, 4) is 5.75 Å². The van der Waals surface area contributed by atoms with Crippen LogP contribution in [0.4, 0.5) is 11.8 Å². The predicted octanol–water partition coefficient (Wildman–Crippen LogP) is 4.02. The van der Waals surface area contributed by atoms with Crippen LogP contribution in [-0.2, 0) is 6.54 Å². The molecule has 1 aliphatic rings. The van der Waals surface area contributed by atoms with Crippen LogP contribution in [0.5, 0.6) is 5.75 Å². The number of aryl methyl sites for hydroxylation is 2. The van der Waals surface area contributed by atoms with Crippen molar-refractivity contribution in [2.24, 2.45) is 0 Å². The van der Waals surface area contributed by atoms with Crippen molar-refractivity contribution in [2.75, 3.05) is 25.5 Å². The number of benzene rings is 1. The highest BCUT2D eigenvalue weighted by molar-refractivity contribution is 5.46. The summed E-state index contributed by atoms with van der Waals surface area (Å²) in [6.45, 7) is 6.95. The van der Waals surface area contributed by atoms with Crippen molar-refractivity contribution >= 4 is 11.8 Å². The second-order valence-electron chi connectivity index (χ2n) is 7.83. The Morgan fingerprint density at radius 2 is 1.80 bits per heavy atom. The number of hydrogen-bond acceptors (Lipinski definition) is 7. The van der Waals surface area contributed by atoms with E-state index in [1.165, 1.54) is 5.56 Å². The quantitative estimate of drug-likeness (QED) is 0.665. The van der Waals surface area contributed by atoms with Crippen LogP contribution in [0.15, 0.2) is 42.7 Å². The van der Waals surface area contributed by atoms with Crippen LogP contribution in [0.2, 0.25) is 0 Å². The second kappa shape index (κ2) is 9.17. The molecule has 156 valence electrons. The molecule has 0 aliphatic carbocycles. The van der Waals surface area contributed by atoms with E-state index in [9.17, 15) is 0 Å². The molecule has 0 spiro atoms. The number of nitrogens with zero attached hydrogens (tertiary/aromatic N) is 5. The lowest BCUT2D eigenvalue weighted by atomic mass is 9.93. The lowest BCUT2D eigenvalue weighted by Gasteiger charge is -2.31. The fourth-order valence-electron chi connectivity index (χ4n) is 3.95. The first-order valence-electron chi connectivity index (χ1n) is 10.4. The molecule has 0 unspecified atom stereocenters. The summed E-state index contributed by atoms with van der Waals surface area (Å²) < 4.78 is 5.34. The van der Waals surface area contributed by atoms with Crippen molar-refractivity contribution in [2.45, 2.75) is 39.2 Å². The third kappa shape index (κ3) is 5.10. The lowest BCUT2D eigenvalue weighted by molar-refractivity contribution is 0.203. The first kappa shape index (κ1) is 20.2. The van der Waals surface area contributed by atoms with Gasteiger partial charge in [0, 0.05) is 30.0 Å². The standard InChI is InChI=1S/C23H28N6O/c1-16-11-17(2)26-23(25-16)28-22-14-24-13-21(27-22)19-7-9-29(10-8-19)15-18-5-4-6-20(12-18)30-3/h4-6,11-14,19H,7-10,15H2,1-3H3,(H,25,26,27,28). The average molecular weight is 405 g/mol. The van der Waals surface area contributed by atoms with Gasteiger partial charge in [-0.1, -0.05) is 12.1 Å². The second-order valence-corrected chi connectivity index (χ2v) is 7.83. The van der Waals surface area contributed by atoms with E-state index in [-0.39, 0.29) is 0 Å². The smallest absolute Gasteiger partial charge is 0.228 e. The molecule has 3 heterocycles. The van der Waals surface area contributed by atoms with E-state index in [0.717, 1.165) is 55.3 Å². The molecule has 0 saturated carbocycles. The molecule has 0 radical (unpaired) electrons. The van der Waals surface area contributed by atoms with E-state index in [0.29, 0.717) is 17.7 Å². The third-order valence-corrected chi connectivity index (χ3v) is 5.42. The van der Waals surface area contributed by atoms with Crippen LogP contribution in [0, 0.1) is 13.8 Å². The number of rotatable bonds is 6. The highest BCUT2D eigenvalue weighted by atomic mass is 16.5. The van der Waals surface area contributed by atoms with Gasteiger partial charge in [0.15, 0.2) is 5.82 Å². The molecule has 7 heteroatoms. The summed E-state index contributed by atoms with van der Waals surface area (Å²) in [5.74, 6) is 2.58. The van der Waals surface area contributed by atoms with Gasteiger partial charge in [0.05, 0.1) is 19.0 Å². The largest absolute Gasteiger partial charge is 0.497 e. The molecule has 7 nitrogen and oxygen atoms in total. The number of aromatic nitrogens is 4. The van der Waals surface area contributed by atoms with Gasteiger partial charge in [0.1, 0.15) is 5.75 Å². The van der Waals surface area contributed by atoms with E-state index in [2.05, 4.69) is 43.4 Å². The fraction of sp³-hybridized carbons (Fsp3) is 0.391. The van der Waals surface area contributed by atoms with Crippen molar-refractivity contribution in [1.29, 1.82) is 0 Å². The van der Waals surface area contributed by atoms with E-state index in [4.69, 9.17) is 9.72 Å². The summed E-state index contributed by atoms with van der Waals surface area (Å²) >= 11 is 0. The summed E-state index contributed by atoms with van der Waals surface area (Å²) in [6, 6.07) is 10.3. The van der Waals surface area contributed by atoms with Gasteiger partial charge in [0.25, 0.3) is 0 Å². The van der Waals surface area contributed by atoms with Crippen LogP contribution in [0.1, 0.15) is 41.4 Å². The van der Waals surface area contributed by atoms with Crippen molar-refractivity contribution in [3.05, 3.63) is 65.4 Å². The molecule has 1 N–H and O–H groups in total. The van der Waals surface area contributed by atoms with Crippen molar-refractivity contribution < 1.29 is 4.74 Å². The zero-order valence-corrected chi connectivity index (χ0v) is 17.8. The van der Waals surface area contributed by atoms with Crippen LogP contribution in [-0.4, -0.2) is 45.0 Å². The van der Waals surface area contributed by atoms with E-state index >= 15 is 0 Å². The van der Waals surface area contributed by atoms with Gasteiger partial charge >= 0.3 is 0 Å². The fourth-order valence-corrected chi connectivity index (χ4v) is 3.95. The molecule has 4 rings (SSSR count). The Morgan fingerprint density at radius 3 is 2.53 bits per heavy atom. The summed E-state index contributed by atoms with van der Waals surface area (Å²) in [4.78, 5) is 20.5. The van der Waals surface area contributed by atoms with E-state index in [1.54, 1.807) is 13.3 Å². The van der Waals surface area contributed by atoms with Gasteiger partial charge < -0.3 is 10.1 Å². The van der Waals surface area contributed by atoms with Crippen molar-refractivity contribution in [3.63, 3.8) is 0 Å². The average Bonchev–Trinajstić information content (AvgIpc) is 2.74. The number of piperidine rings is 1. The van der Waals surface area contributed by atoms with Gasteiger partial charge in [0.2, 0.25) is 5.95 Å². The van der Waals surface area contributed by atoms with Gasteiger partial charge in [-0.2, -0.15) is 0 Å². The molecule has 30 heavy (non-hydrogen) atoms. The van der Waals surface area contributed by atoms with Crippen molar-refractivity contribution in [1.82, 2.24) is 24.8 Å². The minimum absolute atomic E-state index is 0.418. The number of hydrogen-bond donors (Lipinski definition) is 1. The van der Waals surface area contributed by atoms with Gasteiger partial charge in [-0.3, -0.25) is 9.88 Å². The SMILES string of the molecule is COc1cccc(CN2CCC(c3cncc(Nc4nc(C)cc(C)n4)n3)CC2)c1. The summed E-state index contributed by atoms with van der Waals surface area (Å²) in [7, 11) is 1.71. The first-order valence-corrected chi connectivity index (χ1v) is 10.4. The van der Waals surface area contributed by atoms with Gasteiger partial charge in [-0.25, -0.2) is 15.0 Å². The predicted molar refractivity (Wildman–Crippen MR) is 117 cm³/mol. The maximum atomic E-state index is 5.34. The summed E-state index contributed by atoms with van der Waals surface area (Å²) in [5, 5.41) is 3.20. The summed E-state index contributed by atoms with van der Waals surface area (Å²) in [5.41, 5.74) is 4.17. The van der Waals surface area contributed by atoms with E-state index in [1.807, 2.05) is 32.2 Å². The molecule has 0 bridgehead atoms. The normalized spacial score (nSPS) is 15.2. The molecule has 3 aromatic rings. The Labute approximate surface area is 177 Å². The minimum atomic E-state index is 0.418. The maximum absolute atomic E-state index is 5.34.